The van der Waals surface area contributed by atoms with E-state index in [1.807, 2.05) is 25.1 Å². The molecule has 1 atom stereocenters. The molecule has 0 aliphatic rings. The Morgan fingerprint density at radius 1 is 1.32 bits per heavy atom. The van der Waals surface area contributed by atoms with E-state index in [0.29, 0.717) is 15.9 Å². The molecule has 0 spiro atoms. The van der Waals surface area contributed by atoms with Crippen molar-refractivity contribution in [3.05, 3.63) is 68.4 Å². The summed E-state index contributed by atoms with van der Waals surface area (Å²) in [5.74, 6) is -0.267. The molecule has 4 heteroatoms. The number of hydrogen-bond donors (Lipinski definition) is 1. The quantitative estimate of drug-likeness (QED) is 0.852. The minimum atomic E-state index is -0.267. The summed E-state index contributed by atoms with van der Waals surface area (Å²) in [5.41, 5.74) is 9.22. The lowest BCUT2D eigenvalue weighted by Gasteiger charge is -2.16. The van der Waals surface area contributed by atoms with Gasteiger partial charge in [0.05, 0.1) is 4.47 Å². The van der Waals surface area contributed by atoms with Crippen molar-refractivity contribution in [1.82, 2.24) is 0 Å². The summed E-state index contributed by atoms with van der Waals surface area (Å²) in [6, 6.07) is 10.5. The first-order valence-electron chi connectivity index (χ1n) is 5.93. The Bertz CT molecular complexity index is 601. The molecule has 0 bridgehead atoms. The Labute approximate surface area is 125 Å². The molecule has 0 amide bonds. The third-order valence-electron chi connectivity index (χ3n) is 3.15. The van der Waals surface area contributed by atoms with Gasteiger partial charge in [0.2, 0.25) is 0 Å². The topological polar surface area (TPSA) is 26.0 Å². The SMILES string of the molecule is Cc1c(Cl)cccc1C(N)Cc1ccc(F)c(Br)c1. The van der Waals surface area contributed by atoms with Gasteiger partial charge in [0, 0.05) is 11.1 Å². The van der Waals surface area contributed by atoms with Crippen LogP contribution < -0.4 is 5.73 Å². The predicted molar refractivity (Wildman–Crippen MR) is 80.9 cm³/mol. The van der Waals surface area contributed by atoms with Crippen molar-refractivity contribution < 1.29 is 4.39 Å². The Kier molecular flexibility index (Phi) is 4.61. The van der Waals surface area contributed by atoms with E-state index in [0.717, 1.165) is 16.7 Å². The van der Waals surface area contributed by atoms with E-state index in [1.54, 1.807) is 12.1 Å². The smallest absolute Gasteiger partial charge is 0.137 e. The van der Waals surface area contributed by atoms with Crippen LogP contribution in [0.2, 0.25) is 5.02 Å². The van der Waals surface area contributed by atoms with E-state index < -0.39 is 0 Å². The largest absolute Gasteiger partial charge is 0.324 e. The Balaban J connectivity index is 2.23. The molecule has 19 heavy (non-hydrogen) atoms. The molecule has 0 aliphatic heterocycles. The third-order valence-corrected chi connectivity index (χ3v) is 4.17. The molecule has 0 aromatic heterocycles. The number of hydrogen-bond acceptors (Lipinski definition) is 1. The second-order valence-corrected chi connectivity index (χ2v) is 5.77. The van der Waals surface area contributed by atoms with Crippen LogP contribution in [-0.4, -0.2) is 0 Å². The van der Waals surface area contributed by atoms with Crippen LogP contribution in [-0.2, 0) is 6.42 Å². The van der Waals surface area contributed by atoms with Crippen LogP contribution in [0.3, 0.4) is 0 Å². The number of benzene rings is 2. The minimum absolute atomic E-state index is 0.156. The van der Waals surface area contributed by atoms with Crippen molar-refractivity contribution in [2.45, 2.75) is 19.4 Å². The van der Waals surface area contributed by atoms with Crippen LogP contribution in [0.5, 0.6) is 0 Å². The zero-order valence-electron chi connectivity index (χ0n) is 10.5. The van der Waals surface area contributed by atoms with Crippen LogP contribution in [0.1, 0.15) is 22.7 Å². The summed E-state index contributed by atoms with van der Waals surface area (Å²) in [4.78, 5) is 0. The van der Waals surface area contributed by atoms with Gasteiger partial charge in [-0.2, -0.15) is 0 Å². The molecule has 100 valence electrons. The number of nitrogens with two attached hydrogens (primary N) is 1. The highest BCUT2D eigenvalue weighted by molar-refractivity contribution is 9.10. The van der Waals surface area contributed by atoms with Crippen molar-refractivity contribution in [2.24, 2.45) is 5.73 Å². The fourth-order valence-corrected chi connectivity index (χ4v) is 2.66. The van der Waals surface area contributed by atoms with E-state index in [9.17, 15) is 4.39 Å². The van der Waals surface area contributed by atoms with Crippen LogP contribution in [0.4, 0.5) is 4.39 Å². The van der Waals surface area contributed by atoms with E-state index in [2.05, 4.69) is 15.9 Å². The predicted octanol–water partition coefficient (Wildman–Crippen LogP) is 4.79. The fourth-order valence-electron chi connectivity index (χ4n) is 2.06. The maximum atomic E-state index is 13.2. The molecule has 1 nitrogen and oxygen atoms in total. The van der Waals surface area contributed by atoms with Gasteiger partial charge in [0.15, 0.2) is 0 Å². The molecule has 0 aliphatic carbocycles. The monoisotopic (exact) mass is 341 g/mol. The minimum Gasteiger partial charge on any atom is -0.324 e. The van der Waals surface area contributed by atoms with Gasteiger partial charge in [-0.15, -0.1) is 0 Å². The molecule has 2 rings (SSSR count). The average Bonchev–Trinajstić information content (AvgIpc) is 2.37. The fraction of sp³-hybridized carbons (Fsp3) is 0.200. The number of halogens is 3. The van der Waals surface area contributed by atoms with Crippen molar-refractivity contribution >= 4 is 27.5 Å². The summed E-state index contributed by atoms with van der Waals surface area (Å²) in [7, 11) is 0. The number of rotatable bonds is 3. The second kappa shape index (κ2) is 6.04. The standard InChI is InChI=1S/C15H14BrClFN/c1-9-11(3-2-4-13(9)17)15(19)8-10-5-6-14(18)12(16)7-10/h2-7,15H,8,19H2,1H3. The zero-order valence-corrected chi connectivity index (χ0v) is 12.8. The molecule has 0 radical (unpaired) electrons. The summed E-state index contributed by atoms with van der Waals surface area (Å²) in [6.07, 6.45) is 0.639. The molecule has 1 unspecified atom stereocenters. The lowest BCUT2D eigenvalue weighted by Crippen LogP contribution is -2.14. The van der Waals surface area contributed by atoms with Crippen LogP contribution in [0.15, 0.2) is 40.9 Å². The average molecular weight is 343 g/mol. The summed E-state index contributed by atoms with van der Waals surface area (Å²) < 4.78 is 13.6. The molecule has 2 aromatic carbocycles. The van der Waals surface area contributed by atoms with Gasteiger partial charge in [-0.1, -0.05) is 29.8 Å². The maximum absolute atomic E-state index is 13.2. The molecular formula is C15H14BrClFN. The van der Waals surface area contributed by atoms with Gasteiger partial charge in [0.25, 0.3) is 0 Å². The van der Waals surface area contributed by atoms with Gasteiger partial charge in [-0.05, 0) is 64.2 Å². The summed E-state index contributed by atoms with van der Waals surface area (Å²) in [6.45, 7) is 1.96. The summed E-state index contributed by atoms with van der Waals surface area (Å²) in [5, 5.41) is 0.716. The molecular weight excluding hydrogens is 329 g/mol. The van der Waals surface area contributed by atoms with Gasteiger partial charge < -0.3 is 5.73 Å². The van der Waals surface area contributed by atoms with E-state index in [-0.39, 0.29) is 11.9 Å². The van der Waals surface area contributed by atoms with E-state index >= 15 is 0 Å². The van der Waals surface area contributed by atoms with E-state index in [4.69, 9.17) is 17.3 Å². The maximum Gasteiger partial charge on any atom is 0.137 e. The lowest BCUT2D eigenvalue weighted by molar-refractivity contribution is 0.618. The Morgan fingerprint density at radius 3 is 2.74 bits per heavy atom. The van der Waals surface area contributed by atoms with Gasteiger partial charge >= 0.3 is 0 Å². The zero-order chi connectivity index (χ0) is 14.0. The van der Waals surface area contributed by atoms with Crippen molar-refractivity contribution in [2.75, 3.05) is 0 Å². The van der Waals surface area contributed by atoms with Crippen LogP contribution in [0, 0.1) is 12.7 Å². The Morgan fingerprint density at radius 2 is 2.05 bits per heavy atom. The van der Waals surface area contributed by atoms with Crippen LogP contribution in [0.25, 0.3) is 0 Å². The molecule has 0 saturated heterocycles. The molecule has 2 N–H and O–H groups in total. The third kappa shape index (κ3) is 3.35. The van der Waals surface area contributed by atoms with Crippen molar-refractivity contribution in [3.8, 4) is 0 Å². The molecule has 0 fully saturated rings. The van der Waals surface area contributed by atoms with Crippen molar-refractivity contribution in [1.29, 1.82) is 0 Å². The lowest BCUT2D eigenvalue weighted by atomic mass is 9.96. The van der Waals surface area contributed by atoms with Crippen LogP contribution >= 0.6 is 27.5 Å². The van der Waals surface area contributed by atoms with E-state index in [1.165, 1.54) is 6.07 Å². The first-order valence-corrected chi connectivity index (χ1v) is 7.10. The first kappa shape index (κ1) is 14.5. The first-order chi connectivity index (χ1) is 8.99. The molecule has 2 aromatic rings. The normalized spacial score (nSPS) is 12.5. The second-order valence-electron chi connectivity index (χ2n) is 4.51. The van der Waals surface area contributed by atoms with Crippen molar-refractivity contribution in [3.63, 3.8) is 0 Å². The Hall–Kier alpha value is -0.900. The highest BCUT2D eigenvalue weighted by Gasteiger charge is 2.12. The highest BCUT2D eigenvalue weighted by atomic mass is 79.9. The van der Waals surface area contributed by atoms with Gasteiger partial charge in [-0.25, -0.2) is 4.39 Å². The van der Waals surface area contributed by atoms with Gasteiger partial charge in [-0.3, -0.25) is 0 Å². The molecule has 0 heterocycles. The van der Waals surface area contributed by atoms with Gasteiger partial charge in [0.1, 0.15) is 5.82 Å². The summed E-state index contributed by atoms with van der Waals surface area (Å²) >= 11 is 9.28. The highest BCUT2D eigenvalue weighted by Crippen LogP contribution is 2.26. The molecule has 0 saturated carbocycles.